The zero-order chi connectivity index (χ0) is 28.1. The topological polar surface area (TPSA) is 126 Å². The fraction of sp³-hybridized carbons (Fsp3) is 0.654. The number of alkyl carbamates (subject to hydrolysis) is 1. The number of alkyl halides is 2. The Morgan fingerprint density at radius 2 is 1.95 bits per heavy atom. The maximum atomic E-state index is 14.6. The van der Waals surface area contributed by atoms with Gasteiger partial charge in [-0.2, -0.15) is 5.26 Å². The van der Waals surface area contributed by atoms with Crippen LogP contribution in [0.4, 0.5) is 13.6 Å². The van der Waals surface area contributed by atoms with E-state index in [1.54, 1.807) is 31.2 Å². The number of carbonyl (C=O) groups excluding carboxylic acids is 2. The van der Waals surface area contributed by atoms with Crippen molar-refractivity contribution < 1.29 is 33.2 Å². The molecule has 9 nitrogen and oxygen atoms in total. The molecule has 5 atom stereocenters. The van der Waals surface area contributed by atoms with E-state index in [9.17, 15) is 33.7 Å². The number of rotatable bonds is 10. The highest BCUT2D eigenvalue weighted by molar-refractivity contribution is 6.43. The third-order valence-electron chi connectivity index (χ3n) is 7.58. The summed E-state index contributed by atoms with van der Waals surface area (Å²) >= 11 is 0. The van der Waals surface area contributed by atoms with E-state index in [-0.39, 0.29) is 39.0 Å². The maximum absolute atomic E-state index is 14.6. The molecule has 1 aromatic rings. The molecule has 0 saturated carbocycles. The van der Waals surface area contributed by atoms with Crippen molar-refractivity contribution in [3.05, 3.63) is 35.9 Å². The Kier molecular flexibility index (Phi) is 9.73. The Bertz CT molecular complexity index is 1010. The second-order valence-electron chi connectivity index (χ2n) is 11.2. The third-order valence-corrected chi connectivity index (χ3v) is 7.58. The summed E-state index contributed by atoms with van der Waals surface area (Å²) in [4.78, 5) is 29.1. The summed E-state index contributed by atoms with van der Waals surface area (Å²) in [5.41, 5.74) is -1.04. The van der Waals surface area contributed by atoms with Gasteiger partial charge in [-0.25, -0.2) is 13.6 Å². The van der Waals surface area contributed by atoms with Crippen molar-refractivity contribution in [1.29, 1.82) is 5.26 Å². The monoisotopic (exact) mass is 534 g/mol. The van der Waals surface area contributed by atoms with Crippen LogP contribution in [0.25, 0.3) is 0 Å². The summed E-state index contributed by atoms with van der Waals surface area (Å²) < 4.78 is 33.6. The van der Waals surface area contributed by atoms with E-state index in [4.69, 9.17) is 4.74 Å². The van der Waals surface area contributed by atoms with Crippen molar-refractivity contribution in [1.82, 2.24) is 15.1 Å². The predicted molar refractivity (Wildman–Crippen MR) is 137 cm³/mol. The zero-order valence-corrected chi connectivity index (χ0v) is 22.1. The Balaban J connectivity index is 1.63. The van der Waals surface area contributed by atoms with Crippen molar-refractivity contribution in [3.63, 3.8) is 0 Å². The van der Waals surface area contributed by atoms with E-state index < -0.39 is 54.4 Å². The summed E-state index contributed by atoms with van der Waals surface area (Å²) in [6.45, 7) is 5.50. The average Bonchev–Trinajstić information content (AvgIpc) is 3.44. The standard InChI is InChI=1S/C26H37BF2N4O5/c1-25(2,32-10-9-20(28)15-32)12-19(14-30)23(34)33-16-21(29)13-26(33,3)17-38-24(35)31-22(27(36)37)11-18-7-5-4-6-8-18/h4-8,19-22,36-37H,9-13,15-17H2,1-3H3,(H,31,35)/t19?,20-,21+,22+,26-/m1/s1. The van der Waals surface area contributed by atoms with Gasteiger partial charge in [0.1, 0.15) is 24.9 Å². The predicted octanol–water partition coefficient (Wildman–Crippen LogP) is 2.02. The Morgan fingerprint density at radius 3 is 2.53 bits per heavy atom. The summed E-state index contributed by atoms with van der Waals surface area (Å²) in [6.07, 6.45) is -2.64. The molecule has 2 fully saturated rings. The van der Waals surface area contributed by atoms with Crippen LogP contribution in [-0.2, 0) is 16.0 Å². The van der Waals surface area contributed by atoms with Gasteiger partial charge in [-0.1, -0.05) is 30.3 Å². The minimum atomic E-state index is -1.85. The minimum Gasteiger partial charge on any atom is -0.447 e. The molecule has 12 heteroatoms. The fourth-order valence-corrected chi connectivity index (χ4v) is 5.35. The van der Waals surface area contributed by atoms with Gasteiger partial charge in [-0.15, -0.1) is 0 Å². The van der Waals surface area contributed by atoms with Gasteiger partial charge in [0.15, 0.2) is 0 Å². The lowest BCUT2D eigenvalue weighted by molar-refractivity contribution is -0.140. The minimum absolute atomic E-state index is 0.0840. The molecule has 2 amide bonds. The van der Waals surface area contributed by atoms with E-state index >= 15 is 0 Å². The summed E-state index contributed by atoms with van der Waals surface area (Å²) in [5, 5.41) is 31.6. The number of likely N-dealkylation sites (tertiary alicyclic amines) is 2. The molecular weight excluding hydrogens is 497 g/mol. The fourth-order valence-electron chi connectivity index (χ4n) is 5.35. The number of nitrogens with one attached hydrogen (secondary N) is 1. The van der Waals surface area contributed by atoms with Crippen LogP contribution < -0.4 is 5.32 Å². The number of hydrogen-bond acceptors (Lipinski definition) is 7. The van der Waals surface area contributed by atoms with E-state index in [1.165, 1.54) is 4.90 Å². The molecule has 38 heavy (non-hydrogen) atoms. The highest BCUT2D eigenvalue weighted by Crippen LogP contribution is 2.35. The SMILES string of the molecule is CC(C)(CC(C#N)C(=O)N1C[C@@H](F)C[C@]1(C)COC(=O)N[C@@H](Cc1ccccc1)B(O)O)N1CC[C@@H](F)C1. The highest BCUT2D eigenvalue weighted by atomic mass is 19.1. The lowest BCUT2D eigenvalue weighted by Gasteiger charge is -2.39. The first kappa shape index (κ1) is 29.8. The quantitative estimate of drug-likeness (QED) is 0.392. The second kappa shape index (κ2) is 12.4. The third kappa shape index (κ3) is 7.43. The molecule has 208 valence electrons. The van der Waals surface area contributed by atoms with Gasteiger partial charge in [0.05, 0.1) is 24.1 Å². The van der Waals surface area contributed by atoms with E-state index in [0.717, 1.165) is 5.56 Å². The van der Waals surface area contributed by atoms with Gasteiger partial charge >= 0.3 is 13.2 Å². The average molecular weight is 534 g/mol. The largest absolute Gasteiger partial charge is 0.475 e. The lowest BCUT2D eigenvalue weighted by Crippen LogP contribution is -2.53. The Labute approximate surface area is 222 Å². The van der Waals surface area contributed by atoms with E-state index in [1.807, 2.05) is 30.9 Å². The molecule has 0 spiro atoms. The Hall–Kier alpha value is -2.75. The molecule has 3 rings (SSSR count). The number of halogens is 2. The molecule has 0 aliphatic carbocycles. The summed E-state index contributed by atoms with van der Waals surface area (Å²) in [5.74, 6) is -2.69. The normalized spacial score (nSPS) is 25.5. The number of hydrogen-bond donors (Lipinski definition) is 3. The van der Waals surface area contributed by atoms with Gasteiger partial charge in [0.25, 0.3) is 0 Å². The summed E-state index contributed by atoms with van der Waals surface area (Å²) in [6, 6.07) is 11.0. The number of ether oxygens (including phenoxy) is 1. The van der Waals surface area contributed by atoms with Crippen LogP contribution in [0.2, 0.25) is 0 Å². The smallest absolute Gasteiger partial charge is 0.447 e. The van der Waals surface area contributed by atoms with Gasteiger partial charge < -0.3 is 25.0 Å². The molecular formula is C26H37BF2N4O5. The number of nitriles is 1. The summed E-state index contributed by atoms with van der Waals surface area (Å²) in [7, 11) is -1.85. The van der Waals surface area contributed by atoms with Crippen LogP contribution in [0.3, 0.4) is 0 Å². The molecule has 1 unspecified atom stereocenters. The van der Waals surface area contributed by atoms with Crippen LogP contribution in [0, 0.1) is 17.2 Å². The molecule has 3 N–H and O–H groups in total. The van der Waals surface area contributed by atoms with Crippen LogP contribution >= 0.6 is 0 Å². The molecule has 0 aromatic heterocycles. The van der Waals surface area contributed by atoms with Crippen molar-refractivity contribution in [3.8, 4) is 6.07 Å². The van der Waals surface area contributed by atoms with Crippen molar-refractivity contribution in [2.45, 2.75) is 75.8 Å². The van der Waals surface area contributed by atoms with Gasteiger partial charge in [-0.05, 0) is 45.6 Å². The molecule has 0 radical (unpaired) electrons. The Morgan fingerprint density at radius 1 is 1.26 bits per heavy atom. The van der Waals surface area contributed by atoms with E-state index in [2.05, 4.69) is 5.32 Å². The van der Waals surface area contributed by atoms with Gasteiger partial charge in [-0.3, -0.25) is 9.69 Å². The van der Waals surface area contributed by atoms with Crippen LogP contribution in [0.15, 0.2) is 30.3 Å². The van der Waals surface area contributed by atoms with Crippen LogP contribution in [0.5, 0.6) is 0 Å². The second-order valence-corrected chi connectivity index (χ2v) is 11.2. The number of nitrogens with zero attached hydrogens (tertiary/aromatic N) is 3. The molecule has 2 saturated heterocycles. The van der Waals surface area contributed by atoms with Gasteiger partial charge in [0.2, 0.25) is 5.91 Å². The molecule has 2 aliphatic heterocycles. The number of benzene rings is 1. The number of amides is 2. The van der Waals surface area contributed by atoms with E-state index in [0.29, 0.717) is 13.0 Å². The first-order valence-corrected chi connectivity index (χ1v) is 12.9. The van der Waals surface area contributed by atoms with Crippen LogP contribution in [-0.4, -0.2) is 94.6 Å². The van der Waals surface area contributed by atoms with Gasteiger partial charge in [0, 0.05) is 25.0 Å². The van der Waals surface area contributed by atoms with Crippen molar-refractivity contribution in [2.75, 3.05) is 26.2 Å². The molecule has 2 heterocycles. The molecule has 0 bridgehead atoms. The maximum Gasteiger partial charge on any atom is 0.475 e. The van der Waals surface area contributed by atoms with Crippen LogP contribution in [0.1, 0.15) is 45.6 Å². The number of carbonyl (C=O) groups is 2. The highest BCUT2D eigenvalue weighted by Gasteiger charge is 2.49. The molecule has 1 aromatic carbocycles. The zero-order valence-electron chi connectivity index (χ0n) is 22.1. The van der Waals surface area contributed by atoms with Crippen molar-refractivity contribution in [2.24, 2.45) is 5.92 Å². The first-order valence-electron chi connectivity index (χ1n) is 12.9. The lowest BCUT2D eigenvalue weighted by atomic mass is 9.76. The molecule has 2 aliphatic rings. The van der Waals surface area contributed by atoms with Crippen molar-refractivity contribution >= 4 is 19.1 Å². The first-order chi connectivity index (χ1) is 17.8.